The van der Waals surface area contributed by atoms with Gasteiger partial charge in [0.15, 0.2) is 6.10 Å². The summed E-state index contributed by atoms with van der Waals surface area (Å²) in [6.45, 7) is 11.3. The Balaban J connectivity index is 4.32. The average Bonchev–Trinajstić information content (AvgIpc) is 3.18. The number of hydrogen-bond donors (Lipinski definition) is 0. The quantitative estimate of drug-likeness (QED) is 0.0347. The van der Waals surface area contributed by atoms with Gasteiger partial charge >= 0.3 is 17.9 Å². The molecule has 0 heterocycles. The second-order valence-corrected chi connectivity index (χ2v) is 17.8. The van der Waals surface area contributed by atoms with E-state index in [0.717, 1.165) is 69.6 Å². The van der Waals surface area contributed by atoms with E-state index in [1.54, 1.807) is 0 Å². The van der Waals surface area contributed by atoms with Gasteiger partial charge in [-0.2, -0.15) is 0 Å². The van der Waals surface area contributed by atoms with Gasteiger partial charge in [-0.25, -0.2) is 0 Å². The number of unbranched alkanes of at least 4 members (excludes halogenated alkanes) is 28. The molecule has 0 saturated carbocycles. The first kappa shape index (κ1) is 54.4. The van der Waals surface area contributed by atoms with Crippen LogP contribution in [0.1, 0.15) is 272 Å². The maximum atomic E-state index is 12.8. The third kappa shape index (κ3) is 42.0. The molecule has 0 aliphatic rings. The first-order valence-corrected chi connectivity index (χ1v) is 24.8. The molecule has 0 N–H and O–H groups in total. The first-order chi connectivity index (χ1) is 27.3. The molecular formula is C50H96O6. The van der Waals surface area contributed by atoms with Gasteiger partial charge in [-0.3, -0.25) is 14.4 Å². The van der Waals surface area contributed by atoms with Gasteiger partial charge in [-0.05, 0) is 31.1 Å². The van der Waals surface area contributed by atoms with E-state index in [1.807, 2.05) is 0 Å². The Morgan fingerprint density at radius 2 is 0.679 bits per heavy atom. The molecule has 0 aromatic rings. The van der Waals surface area contributed by atoms with Crippen LogP contribution >= 0.6 is 0 Å². The molecule has 6 heteroatoms. The SMILES string of the molecule is CCCCCCCCCCCCCCCCCC(=O)O[C@H](COC(=O)CCCCCCCCCCCCC(C)C)COC(=O)CCCCCCCCC(C)CC. The first-order valence-electron chi connectivity index (χ1n) is 24.8. The van der Waals surface area contributed by atoms with E-state index in [-0.39, 0.29) is 31.1 Å². The van der Waals surface area contributed by atoms with E-state index in [9.17, 15) is 14.4 Å². The summed E-state index contributed by atoms with van der Waals surface area (Å²) in [5.41, 5.74) is 0. The summed E-state index contributed by atoms with van der Waals surface area (Å²) in [4.78, 5) is 37.8. The average molecular weight is 793 g/mol. The molecule has 0 amide bonds. The van der Waals surface area contributed by atoms with Crippen LogP contribution in [0, 0.1) is 11.8 Å². The highest BCUT2D eigenvalue weighted by atomic mass is 16.6. The number of ether oxygens (including phenoxy) is 3. The molecule has 332 valence electrons. The molecule has 6 nitrogen and oxygen atoms in total. The number of hydrogen-bond acceptors (Lipinski definition) is 6. The molecule has 0 bridgehead atoms. The van der Waals surface area contributed by atoms with Crippen molar-refractivity contribution in [2.24, 2.45) is 11.8 Å². The Labute approximate surface area is 348 Å². The Hall–Kier alpha value is -1.59. The molecule has 0 aromatic carbocycles. The van der Waals surface area contributed by atoms with E-state index in [2.05, 4.69) is 34.6 Å². The van der Waals surface area contributed by atoms with Crippen LogP contribution in [0.2, 0.25) is 0 Å². The van der Waals surface area contributed by atoms with Gasteiger partial charge in [0, 0.05) is 19.3 Å². The fraction of sp³-hybridized carbons (Fsp3) is 0.940. The Morgan fingerprint density at radius 3 is 1.02 bits per heavy atom. The smallest absolute Gasteiger partial charge is 0.306 e. The Bertz CT molecular complexity index is 856. The summed E-state index contributed by atoms with van der Waals surface area (Å²) in [5, 5.41) is 0. The molecular weight excluding hydrogens is 697 g/mol. The van der Waals surface area contributed by atoms with Crippen molar-refractivity contribution in [3.05, 3.63) is 0 Å². The monoisotopic (exact) mass is 793 g/mol. The number of carbonyl (C=O) groups excluding carboxylic acids is 3. The molecule has 0 aromatic heterocycles. The molecule has 0 rings (SSSR count). The minimum absolute atomic E-state index is 0.0650. The van der Waals surface area contributed by atoms with Crippen molar-refractivity contribution in [2.75, 3.05) is 13.2 Å². The zero-order valence-corrected chi connectivity index (χ0v) is 38.3. The van der Waals surface area contributed by atoms with E-state index in [1.165, 1.54) is 161 Å². The second-order valence-electron chi connectivity index (χ2n) is 17.8. The fourth-order valence-corrected chi connectivity index (χ4v) is 7.43. The zero-order chi connectivity index (χ0) is 41.2. The van der Waals surface area contributed by atoms with Gasteiger partial charge in [0.05, 0.1) is 0 Å². The van der Waals surface area contributed by atoms with Crippen molar-refractivity contribution >= 4 is 17.9 Å². The lowest BCUT2D eigenvalue weighted by Gasteiger charge is -2.18. The van der Waals surface area contributed by atoms with Crippen LogP contribution in [-0.4, -0.2) is 37.2 Å². The summed E-state index contributed by atoms with van der Waals surface area (Å²) < 4.78 is 16.8. The summed E-state index contributed by atoms with van der Waals surface area (Å²) in [6, 6.07) is 0. The van der Waals surface area contributed by atoms with Crippen molar-refractivity contribution in [2.45, 2.75) is 278 Å². The van der Waals surface area contributed by atoms with Crippen LogP contribution in [0.15, 0.2) is 0 Å². The second kappa shape index (κ2) is 43.0. The predicted octanol–water partition coefficient (Wildman–Crippen LogP) is 15.8. The molecule has 1 unspecified atom stereocenters. The van der Waals surface area contributed by atoms with Crippen LogP contribution in [-0.2, 0) is 28.6 Å². The topological polar surface area (TPSA) is 78.9 Å². The lowest BCUT2D eigenvalue weighted by Crippen LogP contribution is -2.30. The maximum absolute atomic E-state index is 12.8. The highest BCUT2D eigenvalue weighted by Crippen LogP contribution is 2.17. The van der Waals surface area contributed by atoms with E-state index < -0.39 is 6.10 Å². The predicted molar refractivity (Wildman–Crippen MR) is 238 cm³/mol. The number of carbonyl (C=O) groups is 3. The highest BCUT2D eigenvalue weighted by molar-refractivity contribution is 5.71. The lowest BCUT2D eigenvalue weighted by molar-refractivity contribution is -0.167. The number of rotatable bonds is 44. The van der Waals surface area contributed by atoms with Crippen molar-refractivity contribution in [1.29, 1.82) is 0 Å². The van der Waals surface area contributed by atoms with Crippen molar-refractivity contribution in [1.82, 2.24) is 0 Å². The molecule has 0 aliphatic heterocycles. The lowest BCUT2D eigenvalue weighted by atomic mass is 10.00. The van der Waals surface area contributed by atoms with Gasteiger partial charge in [-0.1, -0.05) is 234 Å². The summed E-state index contributed by atoms with van der Waals surface area (Å²) in [5.74, 6) is 0.778. The van der Waals surface area contributed by atoms with Gasteiger partial charge in [0.1, 0.15) is 13.2 Å². The molecule has 56 heavy (non-hydrogen) atoms. The third-order valence-corrected chi connectivity index (χ3v) is 11.6. The molecule has 0 fully saturated rings. The fourth-order valence-electron chi connectivity index (χ4n) is 7.43. The molecule has 0 saturated heterocycles. The van der Waals surface area contributed by atoms with Gasteiger partial charge in [-0.15, -0.1) is 0 Å². The van der Waals surface area contributed by atoms with Gasteiger partial charge in [0.25, 0.3) is 0 Å². The summed E-state index contributed by atoms with van der Waals surface area (Å²) in [6.07, 6.45) is 42.3. The van der Waals surface area contributed by atoms with E-state index >= 15 is 0 Å². The van der Waals surface area contributed by atoms with Crippen LogP contribution in [0.5, 0.6) is 0 Å². The van der Waals surface area contributed by atoms with E-state index in [0.29, 0.717) is 19.3 Å². The minimum Gasteiger partial charge on any atom is -0.462 e. The molecule has 0 aliphatic carbocycles. The van der Waals surface area contributed by atoms with Gasteiger partial charge in [0.2, 0.25) is 0 Å². The van der Waals surface area contributed by atoms with Crippen molar-refractivity contribution < 1.29 is 28.6 Å². The normalized spacial score (nSPS) is 12.5. The minimum atomic E-state index is -0.761. The van der Waals surface area contributed by atoms with Gasteiger partial charge < -0.3 is 14.2 Å². The highest BCUT2D eigenvalue weighted by Gasteiger charge is 2.19. The largest absolute Gasteiger partial charge is 0.462 e. The summed E-state index contributed by atoms with van der Waals surface area (Å²) >= 11 is 0. The van der Waals surface area contributed by atoms with Crippen LogP contribution in [0.25, 0.3) is 0 Å². The number of esters is 3. The zero-order valence-electron chi connectivity index (χ0n) is 38.3. The van der Waals surface area contributed by atoms with Crippen molar-refractivity contribution in [3.8, 4) is 0 Å². The Morgan fingerprint density at radius 1 is 0.375 bits per heavy atom. The van der Waals surface area contributed by atoms with Crippen LogP contribution < -0.4 is 0 Å². The standard InChI is InChI=1S/C50H96O6/c1-6-8-9-10-11-12-13-14-15-16-17-22-25-32-37-42-50(53)56-47(44-55-49(52)41-36-31-27-26-29-34-39-46(5)7-2)43-54-48(51)40-35-30-24-21-19-18-20-23-28-33-38-45(3)4/h45-47H,6-44H2,1-5H3/t46?,47-/m1/s1. The van der Waals surface area contributed by atoms with Crippen LogP contribution in [0.3, 0.4) is 0 Å². The molecule has 0 spiro atoms. The molecule has 0 radical (unpaired) electrons. The van der Waals surface area contributed by atoms with Crippen molar-refractivity contribution in [3.63, 3.8) is 0 Å². The van der Waals surface area contributed by atoms with Crippen LogP contribution in [0.4, 0.5) is 0 Å². The van der Waals surface area contributed by atoms with E-state index in [4.69, 9.17) is 14.2 Å². The maximum Gasteiger partial charge on any atom is 0.306 e. The third-order valence-electron chi connectivity index (χ3n) is 11.6. The molecule has 2 atom stereocenters. The Kier molecular flexibility index (Phi) is 41.8. The summed E-state index contributed by atoms with van der Waals surface area (Å²) in [7, 11) is 0.